The van der Waals surface area contributed by atoms with Crippen molar-refractivity contribution in [3.05, 3.63) is 0 Å². The van der Waals surface area contributed by atoms with Crippen molar-refractivity contribution in [3.8, 4) is 0 Å². The quantitative estimate of drug-likeness (QED) is 0.703. The average molecular weight is 200 g/mol. The third kappa shape index (κ3) is 2.94. The van der Waals surface area contributed by atoms with E-state index in [4.69, 9.17) is 5.11 Å². The van der Waals surface area contributed by atoms with Crippen LogP contribution in [-0.4, -0.2) is 48.3 Å². The van der Waals surface area contributed by atoms with Gasteiger partial charge in [0.1, 0.15) is 0 Å². The first-order valence-corrected chi connectivity index (χ1v) is 5.61. The Morgan fingerprint density at radius 2 is 2.14 bits per heavy atom. The van der Waals surface area contributed by atoms with E-state index in [-0.39, 0.29) is 12.6 Å². The molecule has 1 saturated heterocycles. The lowest BCUT2D eigenvalue weighted by Gasteiger charge is -2.41. The molecule has 1 rings (SSSR count). The van der Waals surface area contributed by atoms with Gasteiger partial charge in [0.2, 0.25) is 0 Å². The lowest BCUT2D eigenvalue weighted by atomic mass is 9.89. The minimum atomic E-state index is 0.220. The molecule has 1 aliphatic rings. The Kier molecular flexibility index (Phi) is 4.35. The van der Waals surface area contributed by atoms with Gasteiger partial charge in [-0.3, -0.25) is 0 Å². The van der Waals surface area contributed by atoms with Crippen molar-refractivity contribution in [1.82, 2.24) is 10.2 Å². The molecule has 0 aromatic heterocycles. The van der Waals surface area contributed by atoms with E-state index in [9.17, 15) is 0 Å². The Labute approximate surface area is 87.5 Å². The topological polar surface area (TPSA) is 35.5 Å². The number of likely N-dealkylation sites (tertiary alicyclic amines) is 1. The van der Waals surface area contributed by atoms with Crippen molar-refractivity contribution in [2.45, 2.75) is 45.3 Å². The predicted octanol–water partition coefficient (Wildman–Crippen LogP) is 0.686. The Morgan fingerprint density at radius 1 is 1.50 bits per heavy atom. The Bertz CT molecular complexity index is 173. The molecule has 0 bridgehead atoms. The second-order valence-corrected chi connectivity index (χ2v) is 4.86. The lowest BCUT2D eigenvalue weighted by molar-refractivity contribution is 0.109. The van der Waals surface area contributed by atoms with Gasteiger partial charge in [0, 0.05) is 24.7 Å². The van der Waals surface area contributed by atoms with Gasteiger partial charge in [-0.25, -0.2) is 0 Å². The van der Waals surface area contributed by atoms with Crippen molar-refractivity contribution in [1.29, 1.82) is 0 Å². The van der Waals surface area contributed by atoms with Gasteiger partial charge < -0.3 is 15.3 Å². The molecule has 14 heavy (non-hydrogen) atoms. The lowest BCUT2D eigenvalue weighted by Crippen LogP contribution is -2.53. The van der Waals surface area contributed by atoms with Crippen LogP contribution < -0.4 is 5.32 Å². The molecule has 1 fully saturated rings. The maximum absolute atomic E-state index is 9.00. The van der Waals surface area contributed by atoms with Crippen LogP contribution in [-0.2, 0) is 0 Å². The average Bonchev–Trinajstić information content (AvgIpc) is 2.14. The SMILES string of the molecule is C[C@H](CO)N[C@@H]1C[C@H](C)N(C)C[C@@H]1C. The molecular weight excluding hydrogens is 176 g/mol. The number of nitrogens with one attached hydrogen (secondary N) is 1. The molecule has 0 aromatic carbocycles. The van der Waals surface area contributed by atoms with Crippen LogP contribution in [0.15, 0.2) is 0 Å². The maximum Gasteiger partial charge on any atom is 0.0582 e. The van der Waals surface area contributed by atoms with Crippen molar-refractivity contribution in [2.75, 3.05) is 20.2 Å². The van der Waals surface area contributed by atoms with Gasteiger partial charge in [0.05, 0.1) is 6.61 Å². The van der Waals surface area contributed by atoms with Crippen molar-refractivity contribution < 1.29 is 5.11 Å². The summed E-state index contributed by atoms with van der Waals surface area (Å²) in [5, 5.41) is 12.5. The van der Waals surface area contributed by atoms with Crippen molar-refractivity contribution >= 4 is 0 Å². The Balaban J connectivity index is 2.44. The molecule has 0 aliphatic carbocycles. The van der Waals surface area contributed by atoms with Crippen LogP contribution in [0.5, 0.6) is 0 Å². The van der Waals surface area contributed by atoms with E-state index in [1.807, 2.05) is 6.92 Å². The minimum absolute atomic E-state index is 0.220. The van der Waals surface area contributed by atoms with E-state index >= 15 is 0 Å². The Hall–Kier alpha value is -0.120. The molecule has 0 aromatic rings. The first kappa shape index (κ1) is 12.0. The van der Waals surface area contributed by atoms with Gasteiger partial charge >= 0.3 is 0 Å². The summed E-state index contributed by atoms with van der Waals surface area (Å²) in [6.45, 7) is 7.97. The number of rotatable bonds is 3. The predicted molar refractivity (Wildman–Crippen MR) is 59.3 cm³/mol. The van der Waals surface area contributed by atoms with Crippen LogP contribution in [0.2, 0.25) is 0 Å². The first-order chi connectivity index (χ1) is 6.54. The fourth-order valence-electron chi connectivity index (χ4n) is 2.19. The molecule has 1 aliphatic heterocycles. The monoisotopic (exact) mass is 200 g/mol. The van der Waals surface area contributed by atoms with Crippen molar-refractivity contribution in [3.63, 3.8) is 0 Å². The molecule has 3 nitrogen and oxygen atoms in total. The number of hydrogen-bond donors (Lipinski definition) is 2. The summed E-state index contributed by atoms with van der Waals surface area (Å²) in [7, 11) is 2.19. The summed E-state index contributed by atoms with van der Waals surface area (Å²) in [6.07, 6.45) is 1.18. The van der Waals surface area contributed by atoms with Gasteiger partial charge in [-0.1, -0.05) is 6.92 Å². The van der Waals surface area contributed by atoms with Gasteiger partial charge in [-0.2, -0.15) is 0 Å². The largest absolute Gasteiger partial charge is 0.395 e. The normalized spacial score (nSPS) is 37.1. The molecule has 0 saturated carbocycles. The molecule has 1 heterocycles. The third-order valence-electron chi connectivity index (χ3n) is 3.38. The van der Waals surface area contributed by atoms with Gasteiger partial charge in [0.25, 0.3) is 0 Å². The summed E-state index contributed by atoms with van der Waals surface area (Å²) in [6, 6.07) is 1.43. The molecular formula is C11H24N2O. The number of piperidine rings is 1. The zero-order chi connectivity index (χ0) is 10.7. The number of nitrogens with zero attached hydrogens (tertiary/aromatic N) is 1. The number of aliphatic hydroxyl groups is 1. The molecule has 4 atom stereocenters. The van der Waals surface area contributed by atoms with E-state index in [1.54, 1.807) is 0 Å². The molecule has 84 valence electrons. The summed E-state index contributed by atoms with van der Waals surface area (Å²) < 4.78 is 0. The first-order valence-electron chi connectivity index (χ1n) is 5.61. The van der Waals surface area contributed by atoms with Gasteiger partial charge in [-0.15, -0.1) is 0 Å². The number of aliphatic hydroxyl groups excluding tert-OH is 1. The Morgan fingerprint density at radius 3 is 2.71 bits per heavy atom. The van der Waals surface area contributed by atoms with Crippen LogP contribution in [0.4, 0.5) is 0 Å². The van der Waals surface area contributed by atoms with Gasteiger partial charge in [0.15, 0.2) is 0 Å². The zero-order valence-electron chi connectivity index (χ0n) is 9.83. The minimum Gasteiger partial charge on any atom is -0.395 e. The van der Waals surface area contributed by atoms with E-state index in [0.29, 0.717) is 18.0 Å². The molecule has 0 amide bonds. The highest BCUT2D eigenvalue weighted by atomic mass is 16.3. The van der Waals surface area contributed by atoms with E-state index in [0.717, 1.165) is 6.54 Å². The molecule has 2 N–H and O–H groups in total. The molecule has 3 heteroatoms. The van der Waals surface area contributed by atoms with E-state index in [1.165, 1.54) is 6.42 Å². The summed E-state index contributed by atoms with van der Waals surface area (Å²) in [5.74, 6) is 0.671. The van der Waals surface area contributed by atoms with Crippen LogP contribution in [0.1, 0.15) is 27.2 Å². The highest BCUT2D eigenvalue weighted by Crippen LogP contribution is 2.20. The van der Waals surface area contributed by atoms with Crippen LogP contribution in [0.25, 0.3) is 0 Å². The summed E-state index contributed by atoms with van der Waals surface area (Å²) in [4.78, 5) is 2.41. The fraction of sp³-hybridized carbons (Fsp3) is 1.00. The summed E-state index contributed by atoms with van der Waals surface area (Å²) in [5.41, 5.74) is 0. The number of hydrogen-bond acceptors (Lipinski definition) is 3. The third-order valence-corrected chi connectivity index (χ3v) is 3.38. The van der Waals surface area contributed by atoms with Crippen LogP contribution in [0.3, 0.4) is 0 Å². The van der Waals surface area contributed by atoms with E-state index < -0.39 is 0 Å². The molecule has 0 spiro atoms. The summed E-state index contributed by atoms with van der Waals surface area (Å²) >= 11 is 0. The standard InChI is InChI=1S/C11H24N2O/c1-8-6-13(4)10(3)5-11(8)12-9(2)7-14/h8-12,14H,5-7H2,1-4H3/t8-,9+,10-,11+/m0/s1. The smallest absolute Gasteiger partial charge is 0.0582 e. The zero-order valence-corrected chi connectivity index (χ0v) is 9.83. The van der Waals surface area contributed by atoms with Crippen LogP contribution in [0, 0.1) is 5.92 Å². The van der Waals surface area contributed by atoms with Crippen molar-refractivity contribution in [2.24, 2.45) is 5.92 Å². The highest BCUT2D eigenvalue weighted by Gasteiger charge is 2.29. The second kappa shape index (κ2) is 5.10. The second-order valence-electron chi connectivity index (χ2n) is 4.86. The molecule has 0 unspecified atom stereocenters. The molecule has 0 radical (unpaired) electrons. The highest BCUT2D eigenvalue weighted by molar-refractivity contribution is 4.87. The van der Waals surface area contributed by atoms with E-state index in [2.05, 4.69) is 31.1 Å². The van der Waals surface area contributed by atoms with Gasteiger partial charge in [-0.05, 0) is 33.2 Å². The maximum atomic E-state index is 9.00. The van der Waals surface area contributed by atoms with Crippen LogP contribution >= 0.6 is 0 Å². The fourth-order valence-corrected chi connectivity index (χ4v) is 2.19.